The molecule has 2 heteroatoms. The van der Waals surface area contributed by atoms with Gasteiger partial charge in [0, 0.05) is 12.0 Å². The number of rotatable bonds is 5. The van der Waals surface area contributed by atoms with Gasteiger partial charge < -0.3 is 5.32 Å². The van der Waals surface area contributed by atoms with Gasteiger partial charge in [0.15, 0.2) is 5.78 Å². The molecule has 2 nitrogen and oxygen atoms in total. The van der Waals surface area contributed by atoms with E-state index in [1.807, 2.05) is 12.1 Å². The summed E-state index contributed by atoms with van der Waals surface area (Å²) in [6.07, 6.45) is 5.28. The Bertz CT molecular complexity index is 377. The van der Waals surface area contributed by atoms with E-state index in [0.29, 0.717) is 18.1 Å². The highest BCUT2D eigenvalue weighted by atomic mass is 16.1. The van der Waals surface area contributed by atoms with Crippen molar-refractivity contribution in [2.45, 2.75) is 39.0 Å². The standard InChI is InChI=1S/C16H23NO/c1-2-13-5-8-15(9-6-13)16(18)10-7-14-4-3-11-17-12-14/h5-6,8-9,14,17H,2-4,7,10-12H2,1H3. The van der Waals surface area contributed by atoms with Crippen LogP contribution in [0.15, 0.2) is 24.3 Å². The Morgan fingerprint density at radius 3 is 2.72 bits per heavy atom. The van der Waals surface area contributed by atoms with Gasteiger partial charge in [-0.15, -0.1) is 0 Å². The maximum absolute atomic E-state index is 12.1. The molecule has 1 N–H and O–H groups in total. The normalized spacial score (nSPS) is 19.7. The fourth-order valence-corrected chi connectivity index (χ4v) is 2.58. The van der Waals surface area contributed by atoms with Gasteiger partial charge in [-0.25, -0.2) is 0 Å². The van der Waals surface area contributed by atoms with Crippen molar-refractivity contribution in [3.8, 4) is 0 Å². The van der Waals surface area contributed by atoms with Gasteiger partial charge in [-0.1, -0.05) is 31.2 Å². The second-order valence-electron chi connectivity index (χ2n) is 5.22. The van der Waals surface area contributed by atoms with Crippen molar-refractivity contribution in [3.63, 3.8) is 0 Å². The molecule has 1 unspecified atom stereocenters. The minimum absolute atomic E-state index is 0.295. The molecule has 1 aliphatic heterocycles. The van der Waals surface area contributed by atoms with Gasteiger partial charge in [-0.2, -0.15) is 0 Å². The number of hydrogen-bond acceptors (Lipinski definition) is 2. The molecular weight excluding hydrogens is 222 g/mol. The Balaban J connectivity index is 1.82. The lowest BCUT2D eigenvalue weighted by molar-refractivity contribution is 0.0971. The molecule has 0 bridgehead atoms. The van der Waals surface area contributed by atoms with Crippen LogP contribution in [-0.2, 0) is 6.42 Å². The highest BCUT2D eigenvalue weighted by Gasteiger charge is 2.15. The monoisotopic (exact) mass is 245 g/mol. The summed E-state index contributed by atoms with van der Waals surface area (Å²) in [6, 6.07) is 8.07. The minimum Gasteiger partial charge on any atom is -0.316 e. The Labute approximate surface area is 110 Å². The zero-order valence-electron chi connectivity index (χ0n) is 11.2. The molecule has 1 fully saturated rings. The molecule has 0 spiro atoms. The summed E-state index contributed by atoms with van der Waals surface area (Å²) in [4.78, 5) is 12.1. The summed E-state index contributed by atoms with van der Waals surface area (Å²) in [5.41, 5.74) is 2.17. The molecule has 0 aliphatic carbocycles. The van der Waals surface area contributed by atoms with Crippen molar-refractivity contribution in [1.29, 1.82) is 0 Å². The van der Waals surface area contributed by atoms with E-state index in [0.717, 1.165) is 31.5 Å². The number of carbonyl (C=O) groups excluding carboxylic acids is 1. The molecule has 2 rings (SSSR count). The summed E-state index contributed by atoms with van der Waals surface area (Å²) >= 11 is 0. The maximum atomic E-state index is 12.1. The molecule has 1 aromatic carbocycles. The summed E-state index contributed by atoms with van der Waals surface area (Å²) in [7, 11) is 0. The third-order valence-corrected chi connectivity index (χ3v) is 3.86. The van der Waals surface area contributed by atoms with Crippen LogP contribution in [0.3, 0.4) is 0 Å². The summed E-state index contributed by atoms with van der Waals surface area (Å²) in [5.74, 6) is 0.987. The van der Waals surface area contributed by atoms with Crippen LogP contribution in [0.5, 0.6) is 0 Å². The van der Waals surface area contributed by atoms with Crippen molar-refractivity contribution in [2.75, 3.05) is 13.1 Å². The molecule has 18 heavy (non-hydrogen) atoms. The lowest BCUT2D eigenvalue weighted by Gasteiger charge is -2.22. The van der Waals surface area contributed by atoms with E-state index >= 15 is 0 Å². The van der Waals surface area contributed by atoms with E-state index < -0.39 is 0 Å². The fourth-order valence-electron chi connectivity index (χ4n) is 2.58. The number of nitrogens with one attached hydrogen (secondary N) is 1. The van der Waals surface area contributed by atoms with Crippen molar-refractivity contribution in [2.24, 2.45) is 5.92 Å². The second-order valence-corrected chi connectivity index (χ2v) is 5.22. The molecule has 1 heterocycles. The van der Waals surface area contributed by atoms with Crippen molar-refractivity contribution in [1.82, 2.24) is 5.32 Å². The van der Waals surface area contributed by atoms with Crippen LogP contribution < -0.4 is 5.32 Å². The maximum Gasteiger partial charge on any atom is 0.162 e. The lowest BCUT2D eigenvalue weighted by Crippen LogP contribution is -2.30. The lowest BCUT2D eigenvalue weighted by atomic mass is 9.92. The number of aryl methyl sites for hydroxylation is 1. The first kappa shape index (κ1) is 13.3. The van der Waals surface area contributed by atoms with Crippen LogP contribution >= 0.6 is 0 Å². The summed E-state index contributed by atoms with van der Waals surface area (Å²) in [5, 5.41) is 3.40. The molecule has 0 saturated carbocycles. The predicted molar refractivity (Wildman–Crippen MR) is 75.0 cm³/mol. The Morgan fingerprint density at radius 2 is 2.11 bits per heavy atom. The van der Waals surface area contributed by atoms with Crippen molar-refractivity contribution in [3.05, 3.63) is 35.4 Å². The Hall–Kier alpha value is -1.15. The quantitative estimate of drug-likeness (QED) is 0.807. The number of ketones is 1. The van der Waals surface area contributed by atoms with E-state index in [4.69, 9.17) is 0 Å². The average Bonchev–Trinajstić information content (AvgIpc) is 2.46. The highest BCUT2D eigenvalue weighted by Crippen LogP contribution is 2.18. The first-order valence-electron chi connectivity index (χ1n) is 7.12. The van der Waals surface area contributed by atoms with Crippen LogP contribution in [0.25, 0.3) is 0 Å². The minimum atomic E-state index is 0.295. The van der Waals surface area contributed by atoms with Gasteiger partial charge in [-0.05, 0) is 50.3 Å². The van der Waals surface area contributed by atoms with E-state index in [2.05, 4.69) is 24.4 Å². The third kappa shape index (κ3) is 3.67. The highest BCUT2D eigenvalue weighted by molar-refractivity contribution is 5.96. The number of hydrogen-bond donors (Lipinski definition) is 1. The molecule has 0 amide bonds. The van der Waals surface area contributed by atoms with Gasteiger partial charge in [0.25, 0.3) is 0 Å². The zero-order chi connectivity index (χ0) is 12.8. The number of Topliss-reactive ketones (excluding diaryl/α,β-unsaturated/α-hetero) is 1. The topological polar surface area (TPSA) is 29.1 Å². The van der Waals surface area contributed by atoms with Gasteiger partial charge in [0.05, 0.1) is 0 Å². The molecule has 0 radical (unpaired) electrons. The van der Waals surface area contributed by atoms with E-state index in [1.165, 1.54) is 18.4 Å². The second kappa shape index (κ2) is 6.69. The predicted octanol–water partition coefficient (Wildman–Crippen LogP) is 3.21. The number of carbonyl (C=O) groups is 1. The average molecular weight is 245 g/mol. The van der Waals surface area contributed by atoms with Gasteiger partial charge in [0.1, 0.15) is 0 Å². The Kier molecular flexibility index (Phi) is 4.94. The Morgan fingerprint density at radius 1 is 1.33 bits per heavy atom. The van der Waals surface area contributed by atoms with E-state index in [9.17, 15) is 4.79 Å². The van der Waals surface area contributed by atoms with Crippen molar-refractivity contribution >= 4 is 5.78 Å². The summed E-state index contributed by atoms with van der Waals surface area (Å²) in [6.45, 7) is 4.36. The number of benzene rings is 1. The SMILES string of the molecule is CCc1ccc(C(=O)CCC2CCCNC2)cc1. The first-order chi connectivity index (χ1) is 8.79. The van der Waals surface area contributed by atoms with E-state index in [-0.39, 0.29) is 0 Å². The van der Waals surface area contributed by atoms with E-state index in [1.54, 1.807) is 0 Å². The molecular formula is C16H23NO. The number of piperidine rings is 1. The molecule has 1 saturated heterocycles. The molecule has 1 aromatic rings. The molecule has 1 aliphatic rings. The third-order valence-electron chi connectivity index (χ3n) is 3.86. The molecule has 1 atom stereocenters. The van der Waals surface area contributed by atoms with Crippen LogP contribution in [0.4, 0.5) is 0 Å². The molecule has 0 aromatic heterocycles. The van der Waals surface area contributed by atoms with Gasteiger partial charge >= 0.3 is 0 Å². The van der Waals surface area contributed by atoms with Gasteiger partial charge in [-0.3, -0.25) is 4.79 Å². The first-order valence-corrected chi connectivity index (χ1v) is 7.12. The van der Waals surface area contributed by atoms with Gasteiger partial charge in [0.2, 0.25) is 0 Å². The summed E-state index contributed by atoms with van der Waals surface area (Å²) < 4.78 is 0. The zero-order valence-corrected chi connectivity index (χ0v) is 11.2. The molecule has 98 valence electrons. The van der Waals surface area contributed by atoms with Crippen LogP contribution in [-0.4, -0.2) is 18.9 Å². The fraction of sp³-hybridized carbons (Fsp3) is 0.562. The largest absolute Gasteiger partial charge is 0.316 e. The van der Waals surface area contributed by atoms with Crippen LogP contribution in [0.1, 0.15) is 48.5 Å². The smallest absolute Gasteiger partial charge is 0.162 e. The van der Waals surface area contributed by atoms with Crippen LogP contribution in [0.2, 0.25) is 0 Å². The van der Waals surface area contributed by atoms with Crippen LogP contribution in [0, 0.1) is 5.92 Å². The van der Waals surface area contributed by atoms with Crippen molar-refractivity contribution < 1.29 is 4.79 Å².